The molecule has 1 aliphatic rings. The minimum absolute atomic E-state index is 0.533. The van der Waals surface area contributed by atoms with Gasteiger partial charge in [0.1, 0.15) is 0 Å². The smallest absolute Gasteiger partial charge is 0.0967 e. The Kier molecular flexibility index (Phi) is 5.89. The molecule has 1 saturated heterocycles. The third-order valence-electron chi connectivity index (χ3n) is 5.26. The second-order valence-electron chi connectivity index (χ2n) is 7.90. The Balaban J connectivity index is 1.50. The lowest BCUT2D eigenvalue weighted by Gasteiger charge is -2.31. The summed E-state index contributed by atoms with van der Waals surface area (Å²) in [7, 11) is 0. The first-order chi connectivity index (χ1) is 12.0. The van der Waals surface area contributed by atoms with E-state index in [2.05, 4.69) is 65.1 Å². The molecule has 1 unspecified atom stereocenters. The van der Waals surface area contributed by atoms with Crippen molar-refractivity contribution in [2.45, 2.75) is 72.0 Å². The van der Waals surface area contributed by atoms with Crippen molar-refractivity contribution in [3.8, 4) is 0 Å². The molecule has 25 heavy (non-hydrogen) atoms. The zero-order chi connectivity index (χ0) is 17.8. The first-order valence-electron chi connectivity index (χ1n) is 9.70. The molecule has 0 aromatic carbocycles. The Morgan fingerprint density at radius 1 is 1.16 bits per heavy atom. The Morgan fingerprint density at radius 3 is 2.60 bits per heavy atom. The van der Waals surface area contributed by atoms with Crippen LogP contribution in [0.25, 0.3) is 0 Å². The minimum atomic E-state index is 0.533. The summed E-state index contributed by atoms with van der Waals surface area (Å²) >= 11 is 0. The Hall–Kier alpha value is -1.69. The van der Waals surface area contributed by atoms with Crippen LogP contribution in [-0.4, -0.2) is 42.8 Å². The SMILES string of the molecule is CCC(C)c1cnn(C2CCN(Cc3cn(CC(C)C)nn3)CC2)c1. The Morgan fingerprint density at radius 2 is 1.92 bits per heavy atom. The summed E-state index contributed by atoms with van der Waals surface area (Å²) in [4.78, 5) is 2.49. The predicted molar refractivity (Wildman–Crippen MR) is 99.3 cm³/mol. The van der Waals surface area contributed by atoms with Gasteiger partial charge in [0.15, 0.2) is 0 Å². The highest BCUT2D eigenvalue weighted by atomic mass is 15.4. The van der Waals surface area contributed by atoms with E-state index in [1.54, 1.807) is 0 Å². The van der Waals surface area contributed by atoms with Gasteiger partial charge in [-0.3, -0.25) is 14.3 Å². The molecule has 0 amide bonds. The summed E-state index contributed by atoms with van der Waals surface area (Å²) < 4.78 is 4.16. The van der Waals surface area contributed by atoms with Crippen molar-refractivity contribution in [3.05, 3.63) is 29.8 Å². The van der Waals surface area contributed by atoms with Crippen molar-refractivity contribution in [1.29, 1.82) is 0 Å². The maximum Gasteiger partial charge on any atom is 0.0967 e. The highest BCUT2D eigenvalue weighted by Crippen LogP contribution is 2.25. The summed E-state index contributed by atoms with van der Waals surface area (Å²) in [5.74, 6) is 1.20. The molecule has 3 rings (SSSR count). The van der Waals surface area contributed by atoms with E-state index in [0.29, 0.717) is 17.9 Å². The van der Waals surface area contributed by atoms with Gasteiger partial charge in [0, 0.05) is 38.6 Å². The maximum absolute atomic E-state index is 4.62. The van der Waals surface area contributed by atoms with E-state index in [1.807, 2.05) is 10.9 Å². The van der Waals surface area contributed by atoms with Crippen LogP contribution in [0.1, 0.15) is 70.2 Å². The summed E-state index contributed by atoms with van der Waals surface area (Å²) in [6, 6.07) is 0.533. The quantitative estimate of drug-likeness (QED) is 0.771. The highest BCUT2D eigenvalue weighted by molar-refractivity contribution is 5.10. The van der Waals surface area contributed by atoms with Gasteiger partial charge in [-0.05, 0) is 36.7 Å². The first kappa shape index (κ1) is 18.1. The molecule has 0 radical (unpaired) electrons. The fourth-order valence-corrected chi connectivity index (χ4v) is 3.49. The molecule has 1 atom stereocenters. The van der Waals surface area contributed by atoms with Crippen LogP contribution in [0.15, 0.2) is 18.6 Å². The van der Waals surface area contributed by atoms with Crippen LogP contribution in [0.5, 0.6) is 0 Å². The molecule has 1 fully saturated rings. The number of rotatable bonds is 7. The third kappa shape index (κ3) is 4.69. The molecule has 6 heteroatoms. The molecule has 2 aromatic heterocycles. The zero-order valence-corrected chi connectivity index (χ0v) is 16.1. The molecule has 0 bridgehead atoms. The van der Waals surface area contributed by atoms with E-state index in [-0.39, 0.29) is 0 Å². The third-order valence-corrected chi connectivity index (χ3v) is 5.26. The van der Waals surface area contributed by atoms with Crippen molar-refractivity contribution >= 4 is 0 Å². The molecular weight excluding hydrogens is 312 g/mol. The van der Waals surface area contributed by atoms with E-state index in [0.717, 1.165) is 44.7 Å². The van der Waals surface area contributed by atoms with E-state index in [9.17, 15) is 0 Å². The summed E-state index contributed by atoms with van der Waals surface area (Å²) in [5, 5.41) is 13.2. The molecular formula is C19H32N6. The van der Waals surface area contributed by atoms with Crippen molar-refractivity contribution in [2.75, 3.05) is 13.1 Å². The molecule has 138 valence electrons. The number of aromatic nitrogens is 5. The molecule has 2 aromatic rings. The van der Waals surface area contributed by atoms with Gasteiger partial charge < -0.3 is 0 Å². The van der Waals surface area contributed by atoms with Crippen LogP contribution in [-0.2, 0) is 13.1 Å². The van der Waals surface area contributed by atoms with E-state index in [4.69, 9.17) is 0 Å². The van der Waals surface area contributed by atoms with Crippen molar-refractivity contribution in [1.82, 2.24) is 29.7 Å². The van der Waals surface area contributed by atoms with E-state index >= 15 is 0 Å². The summed E-state index contributed by atoms with van der Waals surface area (Å²) in [6.07, 6.45) is 9.88. The molecule has 0 saturated carbocycles. The topological polar surface area (TPSA) is 51.8 Å². The molecule has 6 nitrogen and oxygen atoms in total. The van der Waals surface area contributed by atoms with Gasteiger partial charge in [-0.15, -0.1) is 5.10 Å². The van der Waals surface area contributed by atoms with Gasteiger partial charge >= 0.3 is 0 Å². The molecule has 1 aliphatic heterocycles. The number of likely N-dealkylation sites (tertiary alicyclic amines) is 1. The van der Waals surface area contributed by atoms with Gasteiger partial charge in [-0.25, -0.2) is 0 Å². The lowest BCUT2D eigenvalue weighted by atomic mass is 10.0. The van der Waals surface area contributed by atoms with Crippen molar-refractivity contribution < 1.29 is 0 Å². The van der Waals surface area contributed by atoms with Gasteiger partial charge in [0.05, 0.1) is 17.9 Å². The van der Waals surface area contributed by atoms with Gasteiger partial charge in [-0.2, -0.15) is 5.10 Å². The zero-order valence-electron chi connectivity index (χ0n) is 16.1. The monoisotopic (exact) mass is 344 g/mol. The number of nitrogens with zero attached hydrogens (tertiary/aromatic N) is 6. The van der Waals surface area contributed by atoms with Gasteiger partial charge in [-0.1, -0.05) is 32.9 Å². The normalized spacial score (nSPS) is 18.1. The Labute approximate surface area is 151 Å². The predicted octanol–water partition coefficient (Wildman–Crippen LogP) is 3.48. The number of hydrogen-bond acceptors (Lipinski definition) is 4. The average molecular weight is 345 g/mol. The minimum Gasteiger partial charge on any atom is -0.297 e. The van der Waals surface area contributed by atoms with Gasteiger partial charge in [0.2, 0.25) is 0 Å². The number of piperidine rings is 1. The Bertz CT molecular complexity index is 650. The van der Waals surface area contributed by atoms with E-state index in [1.165, 1.54) is 12.0 Å². The van der Waals surface area contributed by atoms with Crippen LogP contribution in [0, 0.1) is 5.92 Å². The van der Waals surface area contributed by atoms with Crippen LogP contribution in [0.2, 0.25) is 0 Å². The van der Waals surface area contributed by atoms with Crippen LogP contribution < -0.4 is 0 Å². The average Bonchev–Trinajstić information content (AvgIpc) is 3.24. The first-order valence-corrected chi connectivity index (χ1v) is 9.70. The summed E-state index contributed by atoms with van der Waals surface area (Å²) in [5.41, 5.74) is 2.45. The standard InChI is InChI=1S/C19H32N6/c1-5-16(4)17-10-20-25(12-17)19-6-8-23(9-7-19)13-18-14-24(22-21-18)11-15(2)3/h10,12,14-16,19H,5-9,11,13H2,1-4H3. The molecule has 0 N–H and O–H groups in total. The lowest BCUT2D eigenvalue weighted by Crippen LogP contribution is -2.34. The molecule has 3 heterocycles. The molecule has 0 spiro atoms. The largest absolute Gasteiger partial charge is 0.297 e. The van der Waals surface area contributed by atoms with Crippen molar-refractivity contribution in [2.24, 2.45) is 5.92 Å². The van der Waals surface area contributed by atoms with Crippen LogP contribution >= 0.6 is 0 Å². The fourth-order valence-electron chi connectivity index (χ4n) is 3.49. The lowest BCUT2D eigenvalue weighted by molar-refractivity contribution is 0.171. The van der Waals surface area contributed by atoms with Crippen LogP contribution in [0.3, 0.4) is 0 Å². The second-order valence-corrected chi connectivity index (χ2v) is 7.90. The number of hydrogen-bond donors (Lipinski definition) is 0. The van der Waals surface area contributed by atoms with Crippen LogP contribution in [0.4, 0.5) is 0 Å². The second kappa shape index (κ2) is 8.13. The molecule has 0 aliphatic carbocycles. The van der Waals surface area contributed by atoms with Crippen molar-refractivity contribution in [3.63, 3.8) is 0 Å². The maximum atomic E-state index is 4.62. The summed E-state index contributed by atoms with van der Waals surface area (Å²) in [6.45, 7) is 13.0. The fraction of sp³-hybridized carbons (Fsp3) is 0.737. The van der Waals surface area contributed by atoms with E-state index < -0.39 is 0 Å². The highest BCUT2D eigenvalue weighted by Gasteiger charge is 2.22. The van der Waals surface area contributed by atoms with Gasteiger partial charge in [0.25, 0.3) is 0 Å².